The Hall–Kier alpha value is -3.52. The number of pyridine rings is 1. The lowest BCUT2D eigenvalue weighted by Crippen LogP contribution is -2.37. The molecule has 0 radical (unpaired) electrons. The lowest BCUT2D eigenvalue weighted by molar-refractivity contribution is -0.141. The molecule has 1 aromatic heterocycles. The first-order valence-electron chi connectivity index (χ1n) is 15.3. The summed E-state index contributed by atoms with van der Waals surface area (Å²) in [6.45, 7) is 7.61. The minimum absolute atomic E-state index is 0.0225. The summed E-state index contributed by atoms with van der Waals surface area (Å²) in [5.74, 6) is -2.05. The average Bonchev–Trinajstić information content (AvgIpc) is 3.84. The minimum Gasteiger partial charge on any atom is -0.482 e. The Labute approximate surface area is 253 Å². The number of aliphatic carboxylic acids is 1. The van der Waals surface area contributed by atoms with Crippen LogP contribution in [0.15, 0.2) is 42.6 Å². The second kappa shape index (κ2) is 13.0. The molecule has 3 aliphatic rings. The fourth-order valence-electron chi connectivity index (χ4n) is 5.87. The molecular weight excluding hydrogens is 550 g/mol. The zero-order chi connectivity index (χ0) is 30.7. The zero-order valence-corrected chi connectivity index (χ0v) is 25.6. The predicted molar refractivity (Wildman–Crippen MR) is 162 cm³/mol. The van der Waals surface area contributed by atoms with E-state index in [-0.39, 0.29) is 23.8 Å². The van der Waals surface area contributed by atoms with E-state index in [0.29, 0.717) is 36.4 Å². The molecule has 2 atom stereocenters. The van der Waals surface area contributed by atoms with E-state index in [1.807, 2.05) is 18.2 Å². The summed E-state index contributed by atoms with van der Waals surface area (Å²) in [5.41, 5.74) is 4.17. The van der Waals surface area contributed by atoms with E-state index in [4.69, 9.17) is 9.47 Å². The third kappa shape index (κ3) is 7.18. The molecule has 43 heavy (non-hydrogen) atoms. The molecule has 3 aromatic rings. The van der Waals surface area contributed by atoms with Crippen molar-refractivity contribution < 1.29 is 28.2 Å². The number of likely N-dealkylation sites (tertiary alicyclic amines) is 1. The third-order valence-corrected chi connectivity index (χ3v) is 8.76. The predicted octanol–water partition coefficient (Wildman–Crippen LogP) is 7.91. The largest absolute Gasteiger partial charge is 0.482 e. The summed E-state index contributed by atoms with van der Waals surface area (Å²) in [5, 5.41) is 9.28. The molecular formula is C35H42F2N2O4. The van der Waals surface area contributed by atoms with Crippen molar-refractivity contribution in [2.24, 2.45) is 5.92 Å². The van der Waals surface area contributed by atoms with Crippen LogP contribution in [-0.4, -0.2) is 40.2 Å². The molecule has 6 rings (SSSR count). The Morgan fingerprint density at radius 3 is 2.53 bits per heavy atom. The van der Waals surface area contributed by atoms with Gasteiger partial charge in [0.2, 0.25) is 5.88 Å². The Bertz CT molecular complexity index is 1470. The molecule has 2 unspecified atom stereocenters. The lowest BCUT2D eigenvalue weighted by atomic mass is 9.91. The summed E-state index contributed by atoms with van der Waals surface area (Å²) in [4.78, 5) is 17.7. The highest BCUT2D eigenvalue weighted by molar-refractivity contribution is 5.70. The summed E-state index contributed by atoms with van der Waals surface area (Å²) in [6, 6.07) is 11.0. The van der Waals surface area contributed by atoms with Crippen LogP contribution in [0.25, 0.3) is 11.1 Å². The summed E-state index contributed by atoms with van der Waals surface area (Å²) < 4.78 is 42.1. The number of carboxylic acids is 1. The van der Waals surface area contributed by atoms with Crippen molar-refractivity contribution in [2.45, 2.75) is 90.3 Å². The molecule has 3 heterocycles. The Morgan fingerprint density at radius 2 is 1.88 bits per heavy atom. The highest BCUT2D eigenvalue weighted by atomic mass is 19.1. The van der Waals surface area contributed by atoms with Crippen LogP contribution in [0.1, 0.15) is 87.7 Å². The van der Waals surface area contributed by atoms with Crippen molar-refractivity contribution in [3.63, 3.8) is 0 Å². The van der Waals surface area contributed by atoms with Crippen molar-refractivity contribution in [1.82, 2.24) is 9.88 Å². The zero-order valence-electron chi connectivity index (χ0n) is 25.6. The highest BCUT2D eigenvalue weighted by Crippen LogP contribution is 2.41. The SMILES string of the molecule is C1CC1.COc1cc(-c2ccc(C3CCc4ccc(CC(C)C(=O)O)c(F)c4O3)cc2CN2CCCC2(C)C)c(F)cn1. The number of ether oxygens (including phenoxy) is 2. The van der Waals surface area contributed by atoms with E-state index < -0.39 is 23.5 Å². The molecule has 1 aliphatic carbocycles. The third-order valence-electron chi connectivity index (χ3n) is 8.76. The molecule has 0 bridgehead atoms. The highest BCUT2D eigenvalue weighted by Gasteiger charge is 2.33. The van der Waals surface area contributed by atoms with E-state index in [0.717, 1.165) is 41.6 Å². The number of aromatic nitrogens is 1. The number of aryl methyl sites for hydroxylation is 1. The second-order valence-electron chi connectivity index (χ2n) is 12.6. The number of carbonyl (C=O) groups is 1. The van der Waals surface area contributed by atoms with Gasteiger partial charge in [0.1, 0.15) is 11.9 Å². The lowest BCUT2D eigenvalue weighted by Gasteiger charge is -2.33. The Morgan fingerprint density at radius 1 is 1.12 bits per heavy atom. The molecule has 2 aromatic carbocycles. The van der Waals surface area contributed by atoms with Gasteiger partial charge in [0.25, 0.3) is 0 Å². The molecule has 230 valence electrons. The molecule has 2 aliphatic heterocycles. The molecule has 1 saturated heterocycles. The van der Waals surface area contributed by atoms with Crippen LogP contribution in [0, 0.1) is 17.6 Å². The maximum atomic E-state index is 15.5. The molecule has 0 amide bonds. The van der Waals surface area contributed by atoms with Crippen LogP contribution < -0.4 is 9.47 Å². The van der Waals surface area contributed by atoms with Crippen molar-refractivity contribution in [1.29, 1.82) is 0 Å². The standard InChI is InChI=1S/C32H36F2N2O4.C3H6/c1-19(31(37)38)14-22-7-6-20-9-11-27(40-30(20)29(22)34)21-8-10-24(25-16-28(39-4)35-17-26(25)33)23(15-21)18-36-13-5-12-32(36,2)3;1-2-3-1/h6-8,10,15-17,19,27H,5,9,11-14,18H2,1-4H3,(H,37,38);1-3H2. The van der Waals surface area contributed by atoms with Crippen LogP contribution in [0.2, 0.25) is 0 Å². The van der Waals surface area contributed by atoms with Crippen LogP contribution in [-0.2, 0) is 24.2 Å². The molecule has 6 nitrogen and oxygen atoms in total. The maximum absolute atomic E-state index is 15.5. The fraction of sp³-hybridized carbons (Fsp3) is 0.486. The summed E-state index contributed by atoms with van der Waals surface area (Å²) >= 11 is 0. The number of methoxy groups -OCH3 is 1. The first kappa shape index (κ1) is 30.9. The summed E-state index contributed by atoms with van der Waals surface area (Å²) in [6.07, 6.45) is 8.88. The van der Waals surface area contributed by atoms with Gasteiger partial charge in [0.15, 0.2) is 11.6 Å². The van der Waals surface area contributed by atoms with Gasteiger partial charge in [0.05, 0.1) is 19.2 Å². The number of fused-ring (bicyclic) bond motifs is 1. The Kier molecular flexibility index (Phi) is 9.35. The van der Waals surface area contributed by atoms with Gasteiger partial charge in [-0.25, -0.2) is 13.8 Å². The molecule has 1 N–H and O–H groups in total. The molecule has 0 spiro atoms. The number of hydrogen-bond acceptors (Lipinski definition) is 5. The fourth-order valence-corrected chi connectivity index (χ4v) is 5.87. The number of hydrogen-bond donors (Lipinski definition) is 1. The van der Waals surface area contributed by atoms with Gasteiger partial charge < -0.3 is 14.6 Å². The van der Waals surface area contributed by atoms with E-state index in [9.17, 15) is 9.90 Å². The van der Waals surface area contributed by atoms with Gasteiger partial charge >= 0.3 is 5.97 Å². The topological polar surface area (TPSA) is 71.9 Å². The van der Waals surface area contributed by atoms with Crippen molar-refractivity contribution >= 4 is 5.97 Å². The van der Waals surface area contributed by atoms with Gasteiger partial charge in [-0.2, -0.15) is 0 Å². The molecule has 2 fully saturated rings. The van der Waals surface area contributed by atoms with Crippen molar-refractivity contribution in [3.8, 4) is 22.8 Å². The number of nitrogens with zero attached hydrogens (tertiary/aromatic N) is 2. The smallest absolute Gasteiger partial charge is 0.306 e. The van der Waals surface area contributed by atoms with E-state index in [1.165, 1.54) is 32.6 Å². The quantitative estimate of drug-likeness (QED) is 0.287. The first-order valence-corrected chi connectivity index (χ1v) is 15.3. The van der Waals surface area contributed by atoms with Crippen LogP contribution in [0.3, 0.4) is 0 Å². The first-order chi connectivity index (χ1) is 20.6. The molecule has 1 saturated carbocycles. The van der Waals surface area contributed by atoms with Crippen LogP contribution in [0.4, 0.5) is 8.78 Å². The van der Waals surface area contributed by atoms with Gasteiger partial charge in [-0.05, 0) is 80.3 Å². The maximum Gasteiger partial charge on any atom is 0.306 e. The van der Waals surface area contributed by atoms with Crippen LogP contribution in [0.5, 0.6) is 11.6 Å². The van der Waals surface area contributed by atoms with Crippen LogP contribution >= 0.6 is 0 Å². The van der Waals surface area contributed by atoms with E-state index in [2.05, 4.69) is 29.8 Å². The van der Waals surface area contributed by atoms with Gasteiger partial charge in [-0.15, -0.1) is 0 Å². The van der Waals surface area contributed by atoms with Crippen molar-refractivity contribution in [2.75, 3.05) is 13.7 Å². The van der Waals surface area contributed by atoms with E-state index >= 15 is 8.78 Å². The average molecular weight is 593 g/mol. The molecule has 8 heteroatoms. The summed E-state index contributed by atoms with van der Waals surface area (Å²) in [7, 11) is 1.51. The number of benzene rings is 2. The second-order valence-corrected chi connectivity index (χ2v) is 12.6. The van der Waals surface area contributed by atoms with Crippen molar-refractivity contribution in [3.05, 3.63) is 76.5 Å². The van der Waals surface area contributed by atoms with E-state index in [1.54, 1.807) is 19.1 Å². The normalized spacial score (nSPS) is 19.4. The number of rotatable bonds is 8. The minimum atomic E-state index is -0.965. The van der Waals surface area contributed by atoms with Gasteiger partial charge in [0, 0.05) is 23.7 Å². The number of carboxylic acid groups (broad SMARTS) is 1. The van der Waals surface area contributed by atoms with Gasteiger partial charge in [-0.3, -0.25) is 9.69 Å². The monoisotopic (exact) mass is 592 g/mol. The number of halogens is 2. The van der Waals surface area contributed by atoms with Gasteiger partial charge in [-0.1, -0.05) is 56.5 Å². The Balaban J connectivity index is 0.00000115.